The highest BCUT2D eigenvalue weighted by atomic mass is 32.1. The molecule has 35 heavy (non-hydrogen) atoms. The molecule has 0 saturated carbocycles. The van der Waals surface area contributed by atoms with E-state index in [0.717, 1.165) is 5.56 Å². The van der Waals surface area contributed by atoms with E-state index in [-0.39, 0.29) is 24.3 Å². The second-order valence-electron chi connectivity index (χ2n) is 8.04. The highest BCUT2D eigenvalue weighted by Crippen LogP contribution is 2.11. The summed E-state index contributed by atoms with van der Waals surface area (Å²) < 4.78 is 0. The van der Waals surface area contributed by atoms with Crippen LogP contribution in [0.25, 0.3) is 0 Å². The van der Waals surface area contributed by atoms with Crippen LogP contribution in [0, 0.1) is 0 Å². The Kier molecular flexibility index (Phi) is 10.6. The van der Waals surface area contributed by atoms with Crippen LogP contribution in [0.2, 0.25) is 0 Å². The number of carbonyl (C=O) groups is 4. The molecule has 0 aliphatic heterocycles. The van der Waals surface area contributed by atoms with Gasteiger partial charge in [-0.2, -0.15) is 12.6 Å². The Morgan fingerprint density at radius 2 is 1.40 bits per heavy atom. The third-order valence-corrected chi connectivity index (χ3v) is 5.56. The summed E-state index contributed by atoms with van der Waals surface area (Å²) in [5.74, 6) is -3.17. The fraction of sp³-hybridized carbons (Fsp3) is 0.333. The van der Waals surface area contributed by atoms with Crippen molar-refractivity contribution in [2.24, 2.45) is 5.73 Å². The molecule has 0 aliphatic carbocycles. The van der Waals surface area contributed by atoms with Crippen LogP contribution < -0.4 is 21.7 Å². The largest absolute Gasteiger partial charge is 0.508 e. The summed E-state index contributed by atoms with van der Waals surface area (Å²) in [5.41, 5.74) is 7.42. The Balaban J connectivity index is 1.91. The SMILES string of the molecule is CC(NC(=O)C(CS)NC(=O)C(N)Cc1ccccc1)C(=O)NC(Cc1ccc(O)cc1)C(=O)O. The van der Waals surface area contributed by atoms with Gasteiger partial charge in [0.05, 0.1) is 6.04 Å². The first-order chi connectivity index (χ1) is 16.6. The number of phenols is 1. The molecule has 4 unspecified atom stereocenters. The summed E-state index contributed by atoms with van der Waals surface area (Å²) >= 11 is 4.10. The molecule has 0 bridgehead atoms. The number of aliphatic carboxylic acids is 1. The number of hydrogen-bond acceptors (Lipinski definition) is 7. The van der Waals surface area contributed by atoms with Gasteiger partial charge in [-0.15, -0.1) is 0 Å². The van der Waals surface area contributed by atoms with Crippen molar-refractivity contribution >= 4 is 36.3 Å². The number of nitrogens with two attached hydrogens (primary N) is 1. The molecule has 11 heteroatoms. The fourth-order valence-corrected chi connectivity index (χ4v) is 3.43. The third-order valence-electron chi connectivity index (χ3n) is 5.19. The van der Waals surface area contributed by atoms with Gasteiger partial charge in [-0.25, -0.2) is 4.79 Å². The van der Waals surface area contributed by atoms with E-state index >= 15 is 0 Å². The number of carboxylic acids is 1. The van der Waals surface area contributed by atoms with Crippen molar-refractivity contribution in [2.45, 2.75) is 43.9 Å². The molecule has 0 spiro atoms. The molecular weight excluding hydrogens is 472 g/mol. The second kappa shape index (κ2) is 13.4. The maximum atomic E-state index is 12.6. The molecule has 10 nitrogen and oxygen atoms in total. The zero-order valence-electron chi connectivity index (χ0n) is 19.2. The Hall–Kier alpha value is -3.57. The molecule has 2 aromatic rings. The summed E-state index contributed by atoms with van der Waals surface area (Å²) in [6.45, 7) is 1.39. The fourth-order valence-electron chi connectivity index (χ4n) is 3.18. The van der Waals surface area contributed by atoms with E-state index in [1.807, 2.05) is 30.3 Å². The van der Waals surface area contributed by atoms with E-state index in [1.165, 1.54) is 19.1 Å². The van der Waals surface area contributed by atoms with E-state index in [9.17, 15) is 29.4 Å². The van der Waals surface area contributed by atoms with Crippen LogP contribution in [0.15, 0.2) is 54.6 Å². The average molecular weight is 503 g/mol. The van der Waals surface area contributed by atoms with Crippen molar-refractivity contribution in [1.29, 1.82) is 0 Å². The first-order valence-corrected chi connectivity index (χ1v) is 11.6. The topological polar surface area (TPSA) is 171 Å². The third kappa shape index (κ3) is 8.95. The van der Waals surface area contributed by atoms with Gasteiger partial charge in [0, 0.05) is 12.2 Å². The Bertz CT molecular complexity index is 1020. The zero-order chi connectivity index (χ0) is 26.0. The lowest BCUT2D eigenvalue weighted by atomic mass is 10.1. The lowest BCUT2D eigenvalue weighted by Gasteiger charge is -2.22. The summed E-state index contributed by atoms with van der Waals surface area (Å²) in [6, 6.07) is 10.8. The molecule has 0 fully saturated rings. The number of nitrogens with one attached hydrogen (secondary N) is 3. The van der Waals surface area contributed by atoms with Crippen LogP contribution in [0.5, 0.6) is 5.75 Å². The van der Waals surface area contributed by atoms with Crippen molar-refractivity contribution in [3.8, 4) is 5.75 Å². The van der Waals surface area contributed by atoms with Gasteiger partial charge in [-0.3, -0.25) is 14.4 Å². The molecule has 3 amide bonds. The second-order valence-corrected chi connectivity index (χ2v) is 8.41. The van der Waals surface area contributed by atoms with Crippen LogP contribution in [-0.4, -0.2) is 63.8 Å². The minimum atomic E-state index is -1.25. The molecule has 0 saturated heterocycles. The maximum absolute atomic E-state index is 12.6. The van der Waals surface area contributed by atoms with Crippen molar-refractivity contribution < 1.29 is 29.4 Å². The van der Waals surface area contributed by atoms with Gasteiger partial charge in [0.25, 0.3) is 0 Å². The number of thiol groups is 1. The summed E-state index contributed by atoms with van der Waals surface area (Å²) in [4.78, 5) is 49.2. The van der Waals surface area contributed by atoms with Crippen LogP contribution >= 0.6 is 12.6 Å². The molecule has 2 rings (SSSR count). The molecule has 0 heterocycles. The predicted octanol–water partition coefficient (Wildman–Crippen LogP) is -0.00660. The van der Waals surface area contributed by atoms with Gasteiger partial charge >= 0.3 is 5.97 Å². The lowest BCUT2D eigenvalue weighted by Crippen LogP contribution is -2.57. The Labute approximate surface area is 208 Å². The lowest BCUT2D eigenvalue weighted by molar-refractivity contribution is -0.142. The van der Waals surface area contributed by atoms with Gasteiger partial charge in [-0.05, 0) is 36.6 Å². The molecule has 0 aliphatic rings. The predicted molar refractivity (Wildman–Crippen MR) is 133 cm³/mol. The number of rotatable bonds is 12. The molecule has 188 valence electrons. The molecule has 0 aromatic heterocycles. The number of amides is 3. The zero-order valence-corrected chi connectivity index (χ0v) is 20.1. The number of carbonyl (C=O) groups excluding carboxylic acids is 3. The van der Waals surface area contributed by atoms with E-state index in [0.29, 0.717) is 5.56 Å². The van der Waals surface area contributed by atoms with E-state index in [1.54, 1.807) is 12.1 Å². The minimum absolute atomic E-state index is 0.0172. The number of carboxylic acid groups (broad SMARTS) is 1. The van der Waals surface area contributed by atoms with E-state index < -0.39 is 47.9 Å². The Morgan fingerprint density at radius 3 is 1.97 bits per heavy atom. The first kappa shape index (κ1) is 27.7. The van der Waals surface area contributed by atoms with Crippen LogP contribution in [0.3, 0.4) is 0 Å². The molecule has 2 aromatic carbocycles. The van der Waals surface area contributed by atoms with Gasteiger partial charge < -0.3 is 31.9 Å². The van der Waals surface area contributed by atoms with E-state index in [2.05, 4.69) is 28.6 Å². The maximum Gasteiger partial charge on any atom is 0.326 e. The Morgan fingerprint density at radius 1 is 0.829 bits per heavy atom. The van der Waals surface area contributed by atoms with Gasteiger partial charge in [0.1, 0.15) is 23.9 Å². The average Bonchev–Trinajstić information content (AvgIpc) is 2.83. The van der Waals surface area contributed by atoms with Crippen molar-refractivity contribution in [2.75, 3.05) is 5.75 Å². The first-order valence-electron chi connectivity index (χ1n) is 10.9. The van der Waals surface area contributed by atoms with Gasteiger partial charge in [-0.1, -0.05) is 42.5 Å². The summed E-state index contributed by atoms with van der Waals surface area (Å²) in [7, 11) is 0. The van der Waals surface area contributed by atoms with Gasteiger partial charge in [0.2, 0.25) is 17.7 Å². The van der Waals surface area contributed by atoms with E-state index in [4.69, 9.17) is 5.73 Å². The van der Waals surface area contributed by atoms with Crippen molar-refractivity contribution in [3.63, 3.8) is 0 Å². The minimum Gasteiger partial charge on any atom is -0.508 e. The van der Waals surface area contributed by atoms with Gasteiger partial charge in [0.15, 0.2) is 0 Å². The van der Waals surface area contributed by atoms with Crippen LogP contribution in [0.1, 0.15) is 18.1 Å². The molecular formula is C24H30N4O6S. The van der Waals surface area contributed by atoms with Crippen molar-refractivity contribution in [1.82, 2.24) is 16.0 Å². The number of aromatic hydroxyl groups is 1. The number of benzene rings is 2. The highest BCUT2D eigenvalue weighted by molar-refractivity contribution is 7.80. The monoisotopic (exact) mass is 502 g/mol. The normalized spacial score (nSPS) is 14.1. The molecule has 4 atom stereocenters. The summed E-state index contributed by atoms with van der Waals surface area (Å²) in [6.07, 6.45) is 0.265. The smallest absolute Gasteiger partial charge is 0.326 e. The summed E-state index contributed by atoms with van der Waals surface area (Å²) in [5, 5.41) is 26.2. The quantitative estimate of drug-likeness (QED) is 0.200. The molecule has 7 N–H and O–H groups in total. The number of hydrogen-bond donors (Lipinski definition) is 7. The standard InChI is InChI=1S/C24H30N4O6S/c1-14(21(30)27-19(24(33)34)12-16-7-9-17(29)10-8-16)26-23(32)20(13-35)28-22(31)18(25)11-15-5-3-2-4-6-15/h2-10,14,18-20,29,35H,11-13,25H2,1H3,(H,26,32)(H,27,30)(H,28,31)(H,33,34). The van der Waals surface area contributed by atoms with Crippen molar-refractivity contribution in [3.05, 3.63) is 65.7 Å². The number of phenolic OH excluding ortho intramolecular Hbond substituents is 1. The molecule has 0 radical (unpaired) electrons. The van der Waals surface area contributed by atoms with Crippen LogP contribution in [0.4, 0.5) is 0 Å². The highest BCUT2D eigenvalue weighted by Gasteiger charge is 2.28. The van der Waals surface area contributed by atoms with Crippen LogP contribution in [-0.2, 0) is 32.0 Å².